The van der Waals surface area contributed by atoms with Crippen LogP contribution in [0.2, 0.25) is 12.1 Å². The maximum atomic E-state index is 6.40. The lowest BCUT2D eigenvalue weighted by molar-refractivity contribution is -0.0944. The average molecular weight is 586 g/mol. The summed E-state index contributed by atoms with van der Waals surface area (Å²) in [6, 6.07) is 1.36. The molecule has 2 bridgehead atoms. The van der Waals surface area contributed by atoms with E-state index in [1.54, 1.807) is 48.4 Å². The fourth-order valence-corrected chi connectivity index (χ4v) is 9.91. The van der Waals surface area contributed by atoms with Gasteiger partial charge in [-0.05, 0) is 18.5 Å². The first kappa shape index (κ1) is 33.1. The summed E-state index contributed by atoms with van der Waals surface area (Å²) in [6.07, 6.45) is 1.15. The van der Waals surface area contributed by atoms with Crippen LogP contribution in [-0.2, 0) is 49.3 Å². The molecule has 0 aromatic heterocycles. The van der Waals surface area contributed by atoms with Gasteiger partial charge in [0.05, 0.1) is 32.0 Å². The Kier molecular flexibility index (Phi) is 15.1. The molecular formula is C22H47NO11Si3. The Hall–Kier alpha value is -0.0894. The molecule has 0 aromatic rings. The first-order chi connectivity index (χ1) is 17.9. The standard InChI is InChI=1S/C22H47NO11Si3/c1-8-35-32-14-11-23(17-21(33-35)19-30-12-9-15-36(24-2,25-3)26-4)18-22(34-35)20-31-13-10-16-37(27-5,28-6)29-7/h8,21-22H,1,9-20H2,2-7H3. The highest BCUT2D eigenvalue weighted by atomic mass is 28.4. The first-order valence-electron chi connectivity index (χ1n) is 12.7. The fourth-order valence-electron chi connectivity index (χ4n) is 4.44. The molecule has 3 rings (SSSR count). The zero-order valence-electron chi connectivity index (χ0n) is 23.4. The Morgan fingerprint density at radius 2 is 1.22 bits per heavy atom. The molecule has 0 aliphatic carbocycles. The monoisotopic (exact) mass is 585 g/mol. The van der Waals surface area contributed by atoms with E-state index in [0.29, 0.717) is 45.1 Å². The highest BCUT2D eigenvalue weighted by Gasteiger charge is 2.47. The second-order valence-electron chi connectivity index (χ2n) is 8.84. The van der Waals surface area contributed by atoms with Crippen molar-refractivity contribution in [2.24, 2.45) is 0 Å². The molecular weight excluding hydrogens is 538 g/mol. The van der Waals surface area contributed by atoms with Crippen LogP contribution in [-0.4, -0.2) is 139 Å². The van der Waals surface area contributed by atoms with Crippen molar-refractivity contribution >= 4 is 26.4 Å². The number of rotatable bonds is 19. The first-order valence-corrected chi connectivity index (χ1v) is 18.4. The van der Waals surface area contributed by atoms with Gasteiger partial charge in [-0.2, -0.15) is 0 Å². The second-order valence-corrected chi connectivity index (χ2v) is 17.4. The van der Waals surface area contributed by atoms with Crippen molar-refractivity contribution in [3.63, 3.8) is 0 Å². The topological polar surface area (TPSA) is 105 Å². The van der Waals surface area contributed by atoms with Gasteiger partial charge in [-0.25, -0.2) is 0 Å². The van der Waals surface area contributed by atoms with Gasteiger partial charge in [0.15, 0.2) is 0 Å². The lowest BCUT2D eigenvalue weighted by Gasteiger charge is -2.43. The quantitative estimate of drug-likeness (QED) is 0.161. The highest BCUT2D eigenvalue weighted by Crippen LogP contribution is 2.24. The fraction of sp³-hybridized carbons (Fsp3) is 0.909. The van der Waals surface area contributed by atoms with E-state index in [9.17, 15) is 0 Å². The van der Waals surface area contributed by atoms with E-state index in [1.165, 1.54) is 0 Å². The van der Waals surface area contributed by atoms with Crippen LogP contribution in [0.1, 0.15) is 12.8 Å². The van der Waals surface area contributed by atoms with Crippen LogP contribution in [0.4, 0.5) is 0 Å². The van der Waals surface area contributed by atoms with E-state index in [4.69, 9.17) is 49.3 Å². The zero-order valence-corrected chi connectivity index (χ0v) is 26.4. The van der Waals surface area contributed by atoms with E-state index < -0.39 is 26.4 Å². The molecule has 15 heteroatoms. The Morgan fingerprint density at radius 1 is 0.784 bits per heavy atom. The van der Waals surface area contributed by atoms with Crippen molar-refractivity contribution in [2.75, 3.05) is 95.3 Å². The minimum absolute atomic E-state index is 0.184. The second kappa shape index (κ2) is 16.9. The molecule has 2 unspecified atom stereocenters. The molecule has 0 amide bonds. The lowest BCUT2D eigenvalue weighted by Crippen LogP contribution is -2.61. The molecule has 12 nitrogen and oxygen atoms in total. The molecule has 3 fully saturated rings. The average Bonchev–Trinajstić information content (AvgIpc) is 2.90. The van der Waals surface area contributed by atoms with Crippen molar-refractivity contribution in [3.8, 4) is 0 Å². The number of fused-ring (bicyclic) bond motifs is 6. The maximum Gasteiger partial charge on any atom is 0.529 e. The molecule has 3 heterocycles. The van der Waals surface area contributed by atoms with Gasteiger partial charge in [0, 0.05) is 87.6 Å². The van der Waals surface area contributed by atoms with Gasteiger partial charge >= 0.3 is 26.4 Å². The van der Waals surface area contributed by atoms with E-state index in [-0.39, 0.29) is 12.2 Å². The minimum Gasteiger partial charge on any atom is -0.379 e. The summed E-state index contributed by atoms with van der Waals surface area (Å²) in [6.45, 7) is 8.71. The van der Waals surface area contributed by atoms with E-state index >= 15 is 0 Å². The summed E-state index contributed by atoms with van der Waals surface area (Å²) < 4.78 is 63.6. The smallest absolute Gasteiger partial charge is 0.379 e. The third-order valence-electron chi connectivity index (χ3n) is 6.56. The van der Waals surface area contributed by atoms with Crippen LogP contribution in [0, 0.1) is 0 Å². The summed E-state index contributed by atoms with van der Waals surface area (Å²) in [5.41, 5.74) is 1.71. The Bertz CT molecular complexity index is 584. The van der Waals surface area contributed by atoms with Gasteiger partial charge in [-0.15, -0.1) is 0 Å². The number of hydrogen-bond donors (Lipinski definition) is 0. The van der Waals surface area contributed by atoms with Crippen molar-refractivity contribution in [1.82, 2.24) is 4.90 Å². The number of ether oxygens (including phenoxy) is 2. The van der Waals surface area contributed by atoms with Crippen LogP contribution in [0.5, 0.6) is 0 Å². The van der Waals surface area contributed by atoms with Crippen LogP contribution in [0.25, 0.3) is 0 Å². The van der Waals surface area contributed by atoms with Crippen molar-refractivity contribution in [1.29, 1.82) is 0 Å². The van der Waals surface area contributed by atoms with Crippen molar-refractivity contribution < 1.29 is 49.3 Å². The normalized spacial score (nSPS) is 27.0. The predicted molar refractivity (Wildman–Crippen MR) is 142 cm³/mol. The van der Waals surface area contributed by atoms with Gasteiger partial charge in [-0.1, -0.05) is 6.58 Å². The van der Waals surface area contributed by atoms with Crippen LogP contribution in [0.15, 0.2) is 12.3 Å². The van der Waals surface area contributed by atoms with Gasteiger partial charge in [0.25, 0.3) is 0 Å². The minimum atomic E-state index is -3.09. The van der Waals surface area contributed by atoms with E-state index in [2.05, 4.69) is 11.5 Å². The molecule has 218 valence electrons. The summed E-state index contributed by atoms with van der Waals surface area (Å²) in [5.74, 6) is 0. The van der Waals surface area contributed by atoms with Crippen molar-refractivity contribution in [3.05, 3.63) is 12.3 Å². The summed E-state index contributed by atoms with van der Waals surface area (Å²) in [5, 5.41) is 0. The van der Waals surface area contributed by atoms with Crippen LogP contribution >= 0.6 is 0 Å². The van der Waals surface area contributed by atoms with Gasteiger partial charge in [-0.3, -0.25) is 4.90 Å². The molecule has 3 aliphatic rings. The van der Waals surface area contributed by atoms with Gasteiger partial charge < -0.3 is 49.3 Å². The summed E-state index contributed by atoms with van der Waals surface area (Å²) >= 11 is 0. The molecule has 0 radical (unpaired) electrons. The van der Waals surface area contributed by atoms with Crippen LogP contribution < -0.4 is 0 Å². The van der Waals surface area contributed by atoms with Crippen molar-refractivity contribution in [2.45, 2.75) is 37.1 Å². The summed E-state index contributed by atoms with van der Waals surface area (Å²) in [7, 11) is 1.41. The maximum absolute atomic E-state index is 6.40. The Labute approximate surface area is 225 Å². The molecule has 0 N–H and O–H groups in total. The molecule has 0 aromatic carbocycles. The molecule has 37 heavy (non-hydrogen) atoms. The number of hydrogen-bond acceptors (Lipinski definition) is 12. The number of nitrogens with zero attached hydrogens (tertiary/aromatic N) is 1. The third kappa shape index (κ3) is 10.1. The molecule has 0 spiro atoms. The SMILES string of the molecule is C=C[Si]12OCCN(CC(COCCC[Si](OC)(OC)OC)O1)CC(COCCC[Si](OC)(OC)OC)O2. The zero-order chi connectivity index (χ0) is 27.2. The van der Waals surface area contributed by atoms with Crippen LogP contribution in [0.3, 0.4) is 0 Å². The van der Waals surface area contributed by atoms with Gasteiger partial charge in [0.1, 0.15) is 0 Å². The largest absolute Gasteiger partial charge is 0.529 e. The predicted octanol–water partition coefficient (Wildman–Crippen LogP) is 1.34. The Morgan fingerprint density at radius 3 is 1.59 bits per heavy atom. The van der Waals surface area contributed by atoms with Gasteiger partial charge in [0.2, 0.25) is 0 Å². The third-order valence-corrected chi connectivity index (χ3v) is 14.7. The van der Waals surface area contributed by atoms with E-state index in [0.717, 1.165) is 32.5 Å². The molecule has 3 saturated heterocycles. The van der Waals surface area contributed by atoms with E-state index in [1.807, 2.05) is 0 Å². The lowest BCUT2D eigenvalue weighted by atomic mass is 10.2. The molecule has 0 saturated carbocycles. The Balaban J connectivity index is 1.83. The highest BCUT2D eigenvalue weighted by molar-refractivity contribution is 6.66. The molecule has 2 atom stereocenters. The molecule has 3 aliphatic heterocycles. The summed E-state index contributed by atoms with van der Waals surface area (Å²) in [4.78, 5) is 2.28.